The zero-order valence-electron chi connectivity index (χ0n) is 14.6. The van der Waals surface area contributed by atoms with Crippen molar-refractivity contribution in [3.05, 3.63) is 64.7 Å². The van der Waals surface area contributed by atoms with E-state index in [2.05, 4.69) is 15.6 Å². The lowest BCUT2D eigenvalue weighted by Crippen LogP contribution is -2.43. The number of nitrogens with one attached hydrogen (secondary N) is 3. The number of carbonyl (C=O) groups is 3. The molecule has 2 amide bonds. The molecule has 3 N–H and O–H groups in total. The smallest absolute Gasteiger partial charge is 0.340 e. The second-order valence-electron chi connectivity index (χ2n) is 5.29. The number of carbonyl (C=O) groups excluding carboxylic acids is 3. The van der Waals surface area contributed by atoms with Gasteiger partial charge in [0.25, 0.3) is 11.8 Å². The second kappa shape index (κ2) is 9.31. The van der Waals surface area contributed by atoms with Crippen LogP contribution in [0.5, 0.6) is 0 Å². The summed E-state index contributed by atoms with van der Waals surface area (Å²) in [6.45, 7) is -0.715. The minimum Gasteiger partial charge on any atom is -0.452 e. The molecule has 0 spiro atoms. The predicted molar refractivity (Wildman–Crippen MR) is 100 cm³/mol. The number of benzene rings is 2. The van der Waals surface area contributed by atoms with E-state index < -0.39 is 34.4 Å². The third kappa shape index (κ3) is 5.52. The minimum atomic E-state index is -3.79. The summed E-state index contributed by atoms with van der Waals surface area (Å²) in [6.07, 6.45) is 0. The van der Waals surface area contributed by atoms with Crippen LogP contribution in [0.3, 0.4) is 0 Å². The molecule has 2 aromatic rings. The third-order valence-corrected chi connectivity index (χ3v) is 5.16. The molecule has 0 unspecified atom stereocenters. The number of sulfonamides is 1. The molecule has 11 heteroatoms. The molecule has 148 valence electrons. The number of amides is 2. The minimum absolute atomic E-state index is 0.0437. The Bertz CT molecular complexity index is 995. The van der Waals surface area contributed by atoms with Crippen LogP contribution in [-0.2, 0) is 19.6 Å². The molecule has 0 bridgehead atoms. The summed E-state index contributed by atoms with van der Waals surface area (Å²) in [5, 5.41) is -0.0437. The van der Waals surface area contributed by atoms with Gasteiger partial charge >= 0.3 is 5.97 Å². The normalized spacial score (nSPS) is 10.8. The van der Waals surface area contributed by atoms with Gasteiger partial charge in [-0.1, -0.05) is 29.8 Å². The Morgan fingerprint density at radius 2 is 1.71 bits per heavy atom. The van der Waals surface area contributed by atoms with E-state index in [9.17, 15) is 22.8 Å². The van der Waals surface area contributed by atoms with Gasteiger partial charge in [0, 0.05) is 5.56 Å². The summed E-state index contributed by atoms with van der Waals surface area (Å²) in [4.78, 5) is 35.4. The van der Waals surface area contributed by atoms with Crippen molar-refractivity contribution in [1.82, 2.24) is 15.6 Å². The van der Waals surface area contributed by atoms with E-state index in [0.717, 1.165) is 6.07 Å². The summed E-state index contributed by atoms with van der Waals surface area (Å²) in [6, 6.07) is 11.6. The van der Waals surface area contributed by atoms with Crippen molar-refractivity contribution in [2.24, 2.45) is 0 Å². The van der Waals surface area contributed by atoms with Crippen molar-refractivity contribution in [3.8, 4) is 0 Å². The van der Waals surface area contributed by atoms with E-state index in [1.807, 2.05) is 0 Å². The summed E-state index contributed by atoms with van der Waals surface area (Å²) in [7, 11) is -2.57. The van der Waals surface area contributed by atoms with Crippen LogP contribution >= 0.6 is 11.6 Å². The lowest BCUT2D eigenvalue weighted by Gasteiger charge is -2.10. The zero-order chi connectivity index (χ0) is 20.7. The molecule has 0 aliphatic heterocycles. The number of hydrogen-bond acceptors (Lipinski definition) is 6. The standard InChI is InChI=1S/C17H16ClN3O6S/c1-19-28(25,26)12-7-8-14(18)13(9-12)17(24)27-10-15(22)20-21-16(23)11-5-3-2-4-6-11/h2-9,19H,10H2,1H3,(H,20,22)(H,21,23). The van der Waals surface area contributed by atoms with Gasteiger partial charge in [0.1, 0.15) is 0 Å². The molecule has 2 aromatic carbocycles. The molecule has 2 rings (SSSR count). The topological polar surface area (TPSA) is 131 Å². The Labute approximate surface area is 166 Å². The van der Waals surface area contributed by atoms with Gasteiger partial charge in [-0.15, -0.1) is 0 Å². The molecule has 9 nitrogen and oxygen atoms in total. The Morgan fingerprint density at radius 3 is 2.36 bits per heavy atom. The third-order valence-electron chi connectivity index (χ3n) is 3.42. The molecule has 0 saturated carbocycles. The van der Waals surface area contributed by atoms with Gasteiger partial charge in [0.15, 0.2) is 6.61 Å². The Kier molecular flexibility index (Phi) is 7.10. The largest absolute Gasteiger partial charge is 0.452 e. The number of ether oxygens (including phenoxy) is 1. The van der Waals surface area contributed by atoms with Gasteiger partial charge in [-0.3, -0.25) is 20.4 Å². The van der Waals surface area contributed by atoms with Crippen LogP contribution in [0, 0.1) is 0 Å². The lowest BCUT2D eigenvalue weighted by atomic mass is 10.2. The van der Waals surface area contributed by atoms with E-state index in [0.29, 0.717) is 5.56 Å². The summed E-state index contributed by atoms with van der Waals surface area (Å²) >= 11 is 5.90. The van der Waals surface area contributed by atoms with Crippen LogP contribution in [0.2, 0.25) is 5.02 Å². The van der Waals surface area contributed by atoms with Crippen molar-refractivity contribution in [2.75, 3.05) is 13.7 Å². The summed E-state index contributed by atoms with van der Waals surface area (Å²) < 4.78 is 30.5. The first kappa shape index (κ1) is 21.4. The number of hydrazine groups is 1. The number of hydrogen-bond donors (Lipinski definition) is 3. The van der Waals surface area contributed by atoms with Crippen molar-refractivity contribution in [1.29, 1.82) is 0 Å². The maximum Gasteiger partial charge on any atom is 0.340 e. The first-order chi connectivity index (χ1) is 13.2. The van der Waals surface area contributed by atoms with Crippen molar-refractivity contribution in [3.63, 3.8) is 0 Å². The highest BCUT2D eigenvalue weighted by atomic mass is 35.5. The van der Waals surface area contributed by atoms with Crippen LogP contribution in [0.1, 0.15) is 20.7 Å². The quantitative estimate of drug-likeness (QED) is 0.465. The fourth-order valence-electron chi connectivity index (χ4n) is 1.98. The van der Waals surface area contributed by atoms with E-state index in [4.69, 9.17) is 16.3 Å². The summed E-state index contributed by atoms with van der Waals surface area (Å²) in [5.41, 5.74) is 4.36. The predicted octanol–water partition coefficient (Wildman–Crippen LogP) is 0.866. The molecule has 0 atom stereocenters. The van der Waals surface area contributed by atoms with E-state index in [-0.39, 0.29) is 15.5 Å². The highest BCUT2D eigenvalue weighted by molar-refractivity contribution is 7.89. The van der Waals surface area contributed by atoms with Gasteiger partial charge in [-0.05, 0) is 37.4 Å². The molecule has 0 radical (unpaired) electrons. The van der Waals surface area contributed by atoms with E-state index in [1.165, 1.54) is 19.2 Å². The fraction of sp³-hybridized carbons (Fsp3) is 0.118. The van der Waals surface area contributed by atoms with E-state index >= 15 is 0 Å². The molecule has 0 heterocycles. The van der Waals surface area contributed by atoms with Crippen molar-refractivity contribution in [2.45, 2.75) is 4.90 Å². The van der Waals surface area contributed by atoms with Gasteiger partial charge < -0.3 is 4.74 Å². The number of esters is 1. The second-order valence-corrected chi connectivity index (χ2v) is 7.59. The Balaban J connectivity index is 1.94. The molecule has 0 aliphatic carbocycles. The van der Waals surface area contributed by atoms with Crippen molar-refractivity contribution >= 4 is 39.4 Å². The summed E-state index contributed by atoms with van der Waals surface area (Å²) in [5.74, 6) is -2.34. The maximum atomic E-state index is 12.1. The van der Waals surface area contributed by atoms with Gasteiger partial charge in [-0.2, -0.15) is 0 Å². The molecular formula is C17H16ClN3O6S. The van der Waals surface area contributed by atoms with Crippen LogP contribution < -0.4 is 15.6 Å². The van der Waals surface area contributed by atoms with Crippen LogP contribution in [0.15, 0.2) is 53.4 Å². The Hall–Kier alpha value is -2.95. The number of rotatable bonds is 6. The van der Waals surface area contributed by atoms with E-state index in [1.54, 1.807) is 30.3 Å². The molecule has 0 fully saturated rings. The first-order valence-electron chi connectivity index (χ1n) is 7.79. The average molecular weight is 426 g/mol. The van der Waals surface area contributed by atoms with Crippen LogP contribution in [-0.4, -0.2) is 39.9 Å². The number of halogens is 1. The SMILES string of the molecule is CNS(=O)(=O)c1ccc(Cl)c(C(=O)OCC(=O)NNC(=O)c2ccccc2)c1. The van der Waals surface area contributed by atoms with Crippen LogP contribution in [0.4, 0.5) is 0 Å². The van der Waals surface area contributed by atoms with Crippen molar-refractivity contribution < 1.29 is 27.5 Å². The van der Waals surface area contributed by atoms with Gasteiger partial charge in [-0.25, -0.2) is 17.9 Å². The van der Waals surface area contributed by atoms with Gasteiger partial charge in [0.2, 0.25) is 10.0 Å². The molecule has 0 saturated heterocycles. The lowest BCUT2D eigenvalue weighted by molar-refractivity contribution is -0.125. The zero-order valence-corrected chi connectivity index (χ0v) is 16.1. The maximum absolute atomic E-state index is 12.1. The highest BCUT2D eigenvalue weighted by Crippen LogP contribution is 2.21. The molecular weight excluding hydrogens is 410 g/mol. The average Bonchev–Trinajstić information content (AvgIpc) is 2.71. The fourth-order valence-corrected chi connectivity index (χ4v) is 2.93. The molecule has 0 aromatic heterocycles. The van der Waals surface area contributed by atoms with Gasteiger partial charge in [0.05, 0.1) is 15.5 Å². The molecule has 0 aliphatic rings. The first-order valence-corrected chi connectivity index (χ1v) is 9.65. The Morgan fingerprint density at radius 1 is 1.04 bits per heavy atom. The van der Waals surface area contributed by atoms with Crippen LogP contribution in [0.25, 0.3) is 0 Å². The highest BCUT2D eigenvalue weighted by Gasteiger charge is 2.19. The molecule has 28 heavy (non-hydrogen) atoms. The monoisotopic (exact) mass is 425 g/mol.